The molecule has 4 rings (SSSR count). The molecular formula is C26H27Cl2N3O4S. The van der Waals surface area contributed by atoms with Crippen molar-refractivity contribution in [3.05, 3.63) is 63.6 Å². The molecule has 4 aromatic rings. The van der Waals surface area contributed by atoms with E-state index in [1.807, 2.05) is 58.0 Å². The lowest BCUT2D eigenvalue weighted by Crippen LogP contribution is -2.31. The van der Waals surface area contributed by atoms with Gasteiger partial charge in [-0.3, -0.25) is 4.40 Å². The number of fused-ring (bicyclic) bond motifs is 3. The molecule has 10 heteroatoms. The Morgan fingerprint density at radius 3 is 2.11 bits per heavy atom. The molecule has 2 amide bonds. The number of halogens is 2. The van der Waals surface area contributed by atoms with Crippen LogP contribution in [0, 0.1) is 0 Å². The summed E-state index contributed by atoms with van der Waals surface area (Å²) >= 11 is 14.2. The van der Waals surface area contributed by atoms with Crippen molar-refractivity contribution >= 4 is 61.8 Å². The van der Waals surface area contributed by atoms with Gasteiger partial charge in [0.15, 0.2) is 0 Å². The molecule has 0 unspecified atom stereocenters. The van der Waals surface area contributed by atoms with Gasteiger partial charge in [-0.1, -0.05) is 41.4 Å². The summed E-state index contributed by atoms with van der Waals surface area (Å²) in [6.07, 6.45) is -1.06. The van der Waals surface area contributed by atoms with Crippen LogP contribution >= 0.6 is 34.5 Å². The highest BCUT2D eigenvalue weighted by atomic mass is 35.5. The number of carbonyl (C=O) groups is 2. The van der Waals surface area contributed by atoms with E-state index in [4.69, 9.17) is 32.7 Å². The molecule has 190 valence electrons. The van der Waals surface area contributed by atoms with Crippen molar-refractivity contribution in [1.82, 2.24) is 15.0 Å². The van der Waals surface area contributed by atoms with E-state index in [0.29, 0.717) is 10.0 Å². The third kappa shape index (κ3) is 5.56. The minimum absolute atomic E-state index is 0.000685. The van der Waals surface area contributed by atoms with Crippen LogP contribution in [-0.4, -0.2) is 28.7 Å². The van der Waals surface area contributed by atoms with Gasteiger partial charge in [-0.15, -0.1) is 11.3 Å². The van der Waals surface area contributed by atoms with E-state index >= 15 is 0 Å². The van der Waals surface area contributed by atoms with Gasteiger partial charge in [-0.25, -0.2) is 9.59 Å². The van der Waals surface area contributed by atoms with Crippen molar-refractivity contribution in [3.8, 4) is 11.3 Å². The minimum atomic E-state index is -0.533. The molecule has 0 atom stereocenters. The van der Waals surface area contributed by atoms with Crippen molar-refractivity contribution in [2.75, 3.05) is 0 Å². The van der Waals surface area contributed by atoms with Crippen LogP contribution in [0.3, 0.4) is 0 Å². The van der Waals surface area contributed by atoms with Gasteiger partial charge in [0, 0.05) is 28.8 Å². The number of nitrogens with zero attached hydrogens (tertiary/aromatic N) is 1. The molecule has 0 saturated heterocycles. The molecule has 0 bridgehead atoms. The number of ether oxygens (including phenoxy) is 2. The zero-order valence-corrected chi connectivity index (χ0v) is 22.7. The molecule has 2 N–H and O–H groups in total. The summed E-state index contributed by atoms with van der Waals surface area (Å²) in [6, 6.07) is 13.2. The molecule has 0 aliphatic rings. The van der Waals surface area contributed by atoms with Crippen LogP contribution in [0.1, 0.15) is 38.8 Å². The molecule has 0 fully saturated rings. The SMILES string of the molecule is CC(C)NC(=O)OCc1c(COC(=O)NC(C)C)c2sc3ccccc3n2c1-c1ccc(Cl)c(Cl)c1. The summed E-state index contributed by atoms with van der Waals surface area (Å²) in [4.78, 5) is 25.6. The normalized spacial score (nSPS) is 11.4. The number of thiazole rings is 1. The first-order chi connectivity index (χ1) is 17.2. The number of carbonyl (C=O) groups excluding carboxylic acids is 2. The van der Waals surface area contributed by atoms with Gasteiger partial charge in [0.1, 0.15) is 18.0 Å². The Morgan fingerprint density at radius 2 is 1.50 bits per heavy atom. The molecule has 36 heavy (non-hydrogen) atoms. The van der Waals surface area contributed by atoms with E-state index in [1.54, 1.807) is 23.5 Å². The predicted octanol–water partition coefficient (Wildman–Crippen LogP) is 7.40. The Labute approximate surface area is 223 Å². The molecule has 0 aliphatic carbocycles. The highest BCUT2D eigenvalue weighted by Crippen LogP contribution is 2.41. The highest BCUT2D eigenvalue weighted by molar-refractivity contribution is 7.24. The first kappa shape index (κ1) is 26.1. The number of rotatable bonds is 7. The number of amides is 2. The smallest absolute Gasteiger partial charge is 0.407 e. The predicted molar refractivity (Wildman–Crippen MR) is 145 cm³/mol. The Morgan fingerprint density at radius 1 is 0.889 bits per heavy atom. The molecule has 2 heterocycles. The standard InChI is InChI=1S/C26H27Cl2N3O4S/c1-14(2)29-25(32)34-12-17-18(13-35-26(33)30-15(3)4)24-31(21-7-5-6-8-22(21)36-24)23(17)16-9-10-19(27)20(28)11-16/h5-11,14-15H,12-13H2,1-4H3,(H,29,32)(H,30,33). The van der Waals surface area contributed by atoms with Gasteiger partial charge in [-0.2, -0.15) is 0 Å². The quantitative estimate of drug-likeness (QED) is 0.252. The van der Waals surface area contributed by atoms with Crippen molar-refractivity contribution in [1.29, 1.82) is 0 Å². The van der Waals surface area contributed by atoms with E-state index in [-0.39, 0.29) is 25.3 Å². The third-order valence-corrected chi connectivity index (χ3v) is 7.28. The second-order valence-electron chi connectivity index (χ2n) is 8.90. The van der Waals surface area contributed by atoms with E-state index in [2.05, 4.69) is 15.0 Å². The largest absolute Gasteiger partial charge is 0.445 e. The molecule has 0 aliphatic heterocycles. The van der Waals surface area contributed by atoms with Crippen LogP contribution in [0.5, 0.6) is 0 Å². The summed E-state index contributed by atoms with van der Waals surface area (Å²) in [5.74, 6) is 0. The first-order valence-electron chi connectivity index (χ1n) is 11.5. The van der Waals surface area contributed by atoms with E-state index < -0.39 is 12.2 Å². The first-order valence-corrected chi connectivity index (χ1v) is 13.1. The maximum Gasteiger partial charge on any atom is 0.407 e. The number of para-hydroxylation sites is 1. The van der Waals surface area contributed by atoms with Crippen molar-refractivity contribution < 1.29 is 19.1 Å². The van der Waals surface area contributed by atoms with Gasteiger partial charge in [-0.05, 0) is 52.0 Å². The van der Waals surface area contributed by atoms with E-state index in [9.17, 15) is 9.59 Å². The van der Waals surface area contributed by atoms with Crippen LogP contribution in [-0.2, 0) is 22.7 Å². The molecule has 7 nitrogen and oxygen atoms in total. The lowest BCUT2D eigenvalue weighted by Gasteiger charge is -2.13. The summed E-state index contributed by atoms with van der Waals surface area (Å²) in [6.45, 7) is 7.41. The average molecular weight is 548 g/mol. The van der Waals surface area contributed by atoms with Crippen LogP contribution < -0.4 is 10.6 Å². The zero-order valence-electron chi connectivity index (χ0n) is 20.4. The van der Waals surface area contributed by atoms with E-state index in [1.165, 1.54) is 0 Å². The summed E-state index contributed by atoms with van der Waals surface area (Å²) < 4.78 is 14.3. The monoisotopic (exact) mass is 547 g/mol. The zero-order chi connectivity index (χ0) is 26.0. The molecule has 0 spiro atoms. The van der Waals surface area contributed by atoms with Crippen LogP contribution in [0.25, 0.3) is 26.3 Å². The molecule has 2 aromatic heterocycles. The molecule has 0 radical (unpaired) electrons. The van der Waals surface area contributed by atoms with Gasteiger partial charge in [0.25, 0.3) is 0 Å². The van der Waals surface area contributed by atoms with Gasteiger partial charge in [0.05, 0.1) is 26.0 Å². The minimum Gasteiger partial charge on any atom is -0.445 e. The lowest BCUT2D eigenvalue weighted by atomic mass is 10.1. The highest BCUT2D eigenvalue weighted by Gasteiger charge is 2.25. The summed E-state index contributed by atoms with van der Waals surface area (Å²) in [7, 11) is 0. The van der Waals surface area contributed by atoms with E-state index in [0.717, 1.165) is 37.4 Å². The van der Waals surface area contributed by atoms with Crippen LogP contribution in [0.4, 0.5) is 9.59 Å². The van der Waals surface area contributed by atoms with Gasteiger partial charge < -0.3 is 20.1 Å². The van der Waals surface area contributed by atoms with Gasteiger partial charge >= 0.3 is 12.2 Å². The Hall–Kier alpha value is -2.94. The maximum absolute atomic E-state index is 12.4. The number of aromatic nitrogens is 1. The second-order valence-corrected chi connectivity index (χ2v) is 10.7. The number of nitrogens with one attached hydrogen (secondary N) is 2. The van der Waals surface area contributed by atoms with Crippen molar-refractivity contribution in [3.63, 3.8) is 0 Å². The molecule has 2 aromatic carbocycles. The number of alkyl carbamates (subject to hydrolysis) is 2. The topological polar surface area (TPSA) is 81.1 Å². The summed E-state index contributed by atoms with van der Waals surface area (Å²) in [5.41, 5.74) is 4.05. The number of hydrogen-bond donors (Lipinski definition) is 2. The van der Waals surface area contributed by atoms with Crippen molar-refractivity contribution in [2.45, 2.75) is 53.0 Å². The second kappa shape index (κ2) is 11.0. The fourth-order valence-corrected chi connectivity index (χ4v) is 5.40. The lowest BCUT2D eigenvalue weighted by molar-refractivity contribution is 0.130. The van der Waals surface area contributed by atoms with Crippen LogP contribution in [0.15, 0.2) is 42.5 Å². The Kier molecular flexibility index (Phi) is 7.97. The third-order valence-electron chi connectivity index (χ3n) is 5.35. The Bertz CT molecular complexity index is 1430. The summed E-state index contributed by atoms with van der Waals surface area (Å²) in [5, 5.41) is 6.32. The number of hydrogen-bond acceptors (Lipinski definition) is 5. The maximum atomic E-state index is 12.4. The van der Waals surface area contributed by atoms with Crippen LogP contribution in [0.2, 0.25) is 10.0 Å². The molecular weight excluding hydrogens is 521 g/mol. The van der Waals surface area contributed by atoms with Gasteiger partial charge in [0.2, 0.25) is 0 Å². The fourth-order valence-electron chi connectivity index (χ4n) is 3.89. The average Bonchev–Trinajstić information content (AvgIpc) is 3.31. The Balaban J connectivity index is 1.90. The fraction of sp³-hybridized carbons (Fsp3) is 0.308. The molecule has 0 saturated carbocycles. The number of benzene rings is 2. The van der Waals surface area contributed by atoms with Crippen molar-refractivity contribution in [2.24, 2.45) is 0 Å².